The van der Waals surface area contributed by atoms with Gasteiger partial charge >= 0.3 is 0 Å². The number of aliphatic hydroxyl groups excluding tert-OH is 10. The molecule has 0 aromatic carbocycles. The number of fused-ring (bicyclic) bond motifs is 7. The van der Waals surface area contributed by atoms with E-state index >= 15 is 0 Å². The first kappa shape index (κ1) is 53.3. The third kappa shape index (κ3) is 9.03. The molecule has 31 atom stereocenters. The zero-order chi connectivity index (χ0) is 50.8. The summed E-state index contributed by atoms with van der Waals surface area (Å²) in [5.41, 5.74) is 1.39. The van der Waals surface area contributed by atoms with Crippen molar-refractivity contribution < 1.29 is 98.4 Å². The zero-order valence-electron chi connectivity index (χ0n) is 42.1. The molecule has 406 valence electrons. The predicted molar refractivity (Wildman–Crippen MR) is 244 cm³/mol. The van der Waals surface area contributed by atoms with Gasteiger partial charge in [-0.2, -0.15) is 0 Å². The van der Waals surface area contributed by atoms with Gasteiger partial charge in [0.15, 0.2) is 30.9 Å². The standard InChI is InChI=1S/C51H82O20/c1-20-10-15-51(62-19-20)21(2)32-30(71-51)17-29-27-9-8-25-16-26(11-13-49(25,6)28(27)12-14-50(29,32)7)66-48-44(70-47-41(61)38(58)35(55)31(18-52)67-47)43(69-46-40(60)37(57)34(54)23(4)64-46)42(24(5)65-48)68-45-39(59)36(56)33(53)22(3)63-45/h8,20-24,26-48,52-61H,9-19H2,1-7H3/t20-,21+,22+,23+,24+,26+,27-,28+,29+,30+,31+,32+,33+,34+,35+,36-,37-,38-,39-,40-,41+,42+,43-,44-,45-,46+,47-,48+,49+,50+,51-/m1/s1. The summed E-state index contributed by atoms with van der Waals surface area (Å²) in [5.74, 6) is 2.37. The summed E-state index contributed by atoms with van der Waals surface area (Å²) in [7, 11) is 0. The van der Waals surface area contributed by atoms with Crippen molar-refractivity contribution in [2.45, 2.75) is 247 Å². The smallest absolute Gasteiger partial charge is 0.187 e. The molecule has 0 amide bonds. The van der Waals surface area contributed by atoms with Gasteiger partial charge < -0.3 is 98.4 Å². The molecule has 6 heterocycles. The minimum absolute atomic E-state index is 0.0810. The van der Waals surface area contributed by atoms with Crippen LogP contribution in [-0.2, 0) is 47.4 Å². The molecule has 0 aromatic heterocycles. The molecule has 0 aromatic rings. The van der Waals surface area contributed by atoms with Crippen molar-refractivity contribution in [1.82, 2.24) is 0 Å². The molecular weight excluding hydrogens is 933 g/mol. The molecular formula is C51H82O20. The third-order valence-corrected chi connectivity index (χ3v) is 19.7. The van der Waals surface area contributed by atoms with Gasteiger partial charge in [0.25, 0.3) is 0 Å². The number of allylic oxidation sites excluding steroid dienone is 1. The highest BCUT2D eigenvalue weighted by atomic mass is 16.8. The molecule has 1 spiro atoms. The van der Waals surface area contributed by atoms with Crippen molar-refractivity contribution in [3.63, 3.8) is 0 Å². The topological polar surface area (TPSA) is 295 Å². The van der Waals surface area contributed by atoms with Crippen LogP contribution in [0.3, 0.4) is 0 Å². The third-order valence-electron chi connectivity index (χ3n) is 19.7. The molecule has 0 radical (unpaired) electrons. The van der Waals surface area contributed by atoms with E-state index < -0.39 is 141 Å². The molecule has 10 rings (SSSR count). The van der Waals surface area contributed by atoms with Gasteiger partial charge in [-0.15, -0.1) is 0 Å². The lowest BCUT2D eigenvalue weighted by Crippen LogP contribution is -2.68. The fourth-order valence-corrected chi connectivity index (χ4v) is 15.4. The van der Waals surface area contributed by atoms with E-state index in [1.54, 1.807) is 6.92 Å². The van der Waals surface area contributed by atoms with Crippen molar-refractivity contribution in [3.8, 4) is 0 Å². The number of rotatable bonds is 9. The van der Waals surface area contributed by atoms with Crippen molar-refractivity contribution >= 4 is 0 Å². The molecule has 20 nitrogen and oxygen atoms in total. The van der Waals surface area contributed by atoms with Crippen LogP contribution >= 0.6 is 0 Å². The maximum Gasteiger partial charge on any atom is 0.187 e. The first-order valence-corrected chi connectivity index (χ1v) is 26.6. The fraction of sp³-hybridized carbons (Fsp3) is 0.961. The van der Waals surface area contributed by atoms with Gasteiger partial charge in [-0.05, 0) is 113 Å². The Labute approximate surface area is 415 Å². The molecule has 0 unspecified atom stereocenters. The minimum Gasteiger partial charge on any atom is -0.394 e. The van der Waals surface area contributed by atoms with Gasteiger partial charge in [0, 0.05) is 12.3 Å². The summed E-state index contributed by atoms with van der Waals surface area (Å²) in [4.78, 5) is 0. The summed E-state index contributed by atoms with van der Waals surface area (Å²) in [6, 6.07) is 0. The summed E-state index contributed by atoms with van der Waals surface area (Å²) in [6.07, 6.45) is -19.9. The SMILES string of the molecule is C[C@@H]1CC[C@@]2(OC1)O[C@H]1C[C@H]3[C@@H]4CC=C5C[C@@H](O[C@@H]6O[C@@H](C)[C@H](O[C@H]7O[C@@H](C)[C@H](O)[C@@H](O)[C@H]7O)[C@@H](O[C@@H]7O[C@@H](C)[C@H](O)[C@@H](O)[C@H]7O)[C@H]6O[C@H]6O[C@@H](CO)[C@H](O)[C@@H](O)[C@@H]6O)CC[C@]5(C)[C@H]4CC[C@]3(C)[C@H]1[C@@H]2C. The maximum atomic E-state index is 11.3. The van der Waals surface area contributed by atoms with Crippen LogP contribution in [0.15, 0.2) is 11.6 Å². The Morgan fingerprint density at radius 3 is 1.80 bits per heavy atom. The molecule has 9 fully saturated rings. The van der Waals surface area contributed by atoms with Crippen molar-refractivity contribution in [2.75, 3.05) is 13.2 Å². The Morgan fingerprint density at radius 1 is 0.592 bits per heavy atom. The summed E-state index contributed by atoms with van der Waals surface area (Å²) in [5, 5.41) is 108. The van der Waals surface area contributed by atoms with Gasteiger partial charge in [-0.25, -0.2) is 0 Å². The summed E-state index contributed by atoms with van der Waals surface area (Å²) < 4.78 is 64.1. The lowest BCUT2D eigenvalue weighted by Gasteiger charge is -2.59. The molecule has 4 aliphatic carbocycles. The highest BCUT2D eigenvalue weighted by Gasteiger charge is 2.69. The Bertz CT molecular complexity index is 1890. The Kier molecular flexibility index (Phi) is 15.1. The van der Waals surface area contributed by atoms with Crippen molar-refractivity contribution in [1.29, 1.82) is 0 Å². The lowest BCUT2D eigenvalue weighted by atomic mass is 9.47. The molecule has 10 aliphatic rings. The Morgan fingerprint density at radius 2 is 1.18 bits per heavy atom. The van der Waals surface area contributed by atoms with Gasteiger partial charge in [0.1, 0.15) is 79.4 Å². The molecule has 6 aliphatic heterocycles. The Hall–Kier alpha value is -1.06. The molecule has 10 N–H and O–H groups in total. The van der Waals surface area contributed by atoms with Gasteiger partial charge in [-0.1, -0.05) is 39.3 Å². The average molecular weight is 1020 g/mol. The van der Waals surface area contributed by atoms with E-state index in [9.17, 15) is 51.1 Å². The first-order chi connectivity index (χ1) is 33.6. The van der Waals surface area contributed by atoms with Crippen LogP contribution in [0.1, 0.15) is 106 Å². The first-order valence-electron chi connectivity index (χ1n) is 26.6. The van der Waals surface area contributed by atoms with Gasteiger partial charge in [0.05, 0.1) is 43.7 Å². The number of ether oxygens (including phenoxy) is 10. The lowest BCUT2D eigenvalue weighted by molar-refractivity contribution is -0.407. The second-order valence-corrected chi connectivity index (χ2v) is 23.8. The van der Waals surface area contributed by atoms with Crippen LogP contribution in [0.5, 0.6) is 0 Å². The summed E-state index contributed by atoms with van der Waals surface area (Å²) >= 11 is 0. The van der Waals surface area contributed by atoms with E-state index in [0.29, 0.717) is 48.3 Å². The van der Waals surface area contributed by atoms with E-state index in [-0.39, 0.29) is 16.9 Å². The van der Waals surface area contributed by atoms with E-state index in [1.165, 1.54) is 19.4 Å². The van der Waals surface area contributed by atoms with Gasteiger partial charge in [-0.3, -0.25) is 0 Å². The van der Waals surface area contributed by atoms with Crippen LogP contribution < -0.4 is 0 Å². The number of aliphatic hydroxyl groups is 10. The van der Waals surface area contributed by atoms with Crippen LogP contribution in [0.2, 0.25) is 0 Å². The molecule has 6 saturated heterocycles. The predicted octanol–water partition coefficient (Wildman–Crippen LogP) is 0.0935. The summed E-state index contributed by atoms with van der Waals surface area (Å²) in [6.45, 7) is 14.2. The van der Waals surface area contributed by atoms with E-state index in [4.69, 9.17) is 47.4 Å². The van der Waals surface area contributed by atoms with Crippen LogP contribution in [0.25, 0.3) is 0 Å². The van der Waals surface area contributed by atoms with E-state index in [1.807, 2.05) is 0 Å². The molecule has 3 saturated carbocycles. The second kappa shape index (κ2) is 20.1. The molecule has 71 heavy (non-hydrogen) atoms. The van der Waals surface area contributed by atoms with E-state index in [0.717, 1.165) is 51.6 Å². The molecule has 0 bridgehead atoms. The van der Waals surface area contributed by atoms with Crippen molar-refractivity contribution in [3.05, 3.63) is 11.6 Å². The van der Waals surface area contributed by atoms with Crippen molar-refractivity contribution in [2.24, 2.45) is 46.3 Å². The van der Waals surface area contributed by atoms with Crippen LogP contribution in [0.4, 0.5) is 0 Å². The monoisotopic (exact) mass is 1010 g/mol. The average Bonchev–Trinajstić information content (AvgIpc) is 3.79. The molecule has 20 heteroatoms. The zero-order valence-corrected chi connectivity index (χ0v) is 42.1. The maximum absolute atomic E-state index is 11.3. The van der Waals surface area contributed by atoms with E-state index in [2.05, 4.69) is 33.8 Å². The Balaban J connectivity index is 0.921. The van der Waals surface area contributed by atoms with Crippen LogP contribution in [0, 0.1) is 46.3 Å². The fourth-order valence-electron chi connectivity index (χ4n) is 15.4. The number of hydrogen-bond acceptors (Lipinski definition) is 20. The highest BCUT2D eigenvalue weighted by Crippen LogP contribution is 2.71. The van der Waals surface area contributed by atoms with Crippen LogP contribution in [-0.4, -0.2) is 205 Å². The second-order valence-electron chi connectivity index (χ2n) is 23.8. The quantitative estimate of drug-likeness (QED) is 0.137. The minimum atomic E-state index is -1.88. The largest absolute Gasteiger partial charge is 0.394 e. The normalized spacial score (nSPS) is 58.4. The van der Waals surface area contributed by atoms with Gasteiger partial charge in [0.2, 0.25) is 0 Å². The highest BCUT2D eigenvalue weighted by molar-refractivity contribution is 5.26. The number of hydrogen-bond donors (Lipinski definition) is 10.